The highest BCUT2D eigenvalue weighted by Gasteiger charge is 2.31. The average molecular weight is 426 g/mol. The molecule has 0 radical (unpaired) electrons. The van der Waals surface area contributed by atoms with Crippen LogP contribution < -0.4 is 4.72 Å². The van der Waals surface area contributed by atoms with Crippen molar-refractivity contribution in [2.75, 3.05) is 6.61 Å². The van der Waals surface area contributed by atoms with Crippen LogP contribution in [-0.4, -0.2) is 38.2 Å². The smallest absolute Gasteiger partial charge is 0.327 e. The molecule has 0 heterocycles. The number of esters is 1. The fourth-order valence-corrected chi connectivity index (χ4v) is 3.31. The van der Waals surface area contributed by atoms with Gasteiger partial charge in [-0.2, -0.15) is 4.72 Å². The van der Waals surface area contributed by atoms with Gasteiger partial charge in [0.15, 0.2) is 0 Å². The molecule has 0 saturated heterocycles. The summed E-state index contributed by atoms with van der Waals surface area (Å²) in [5.41, 5.74) is -1.33. The second-order valence-electron chi connectivity index (χ2n) is 7.71. The van der Waals surface area contributed by atoms with Crippen LogP contribution in [0, 0.1) is 0 Å². The Labute approximate surface area is 165 Å². The highest BCUT2D eigenvalue weighted by atomic mass is 35.5. The van der Waals surface area contributed by atoms with E-state index in [2.05, 4.69) is 4.72 Å². The fourth-order valence-electron chi connectivity index (χ4n) is 1.76. The number of halogens is 2. The molecule has 9 heteroatoms. The normalized spacial score (nSPS) is 14.2. The third kappa shape index (κ3) is 7.80. The molecule has 1 atom stereocenters. The van der Waals surface area contributed by atoms with Crippen molar-refractivity contribution in [2.24, 2.45) is 0 Å². The van der Waals surface area contributed by atoms with E-state index in [4.69, 9.17) is 32.7 Å². The maximum Gasteiger partial charge on any atom is 0.327 e. The van der Waals surface area contributed by atoms with Crippen LogP contribution in [0.3, 0.4) is 0 Å². The lowest BCUT2D eigenvalue weighted by Gasteiger charge is -2.27. The van der Waals surface area contributed by atoms with Gasteiger partial charge in [0.05, 0.1) is 27.1 Å². The SMILES string of the molecule is CC(C)(C)OCC(NS(=O)(=O)c1ccc(Cl)c(Cl)c1)C(=O)OC(C)(C)C. The van der Waals surface area contributed by atoms with Gasteiger partial charge in [0.2, 0.25) is 10.0 Å². The molecular weight excluding hydrogens is 401 g/mol. The standard InChI is InChI=1S/C17H25Cl2NO5S/c1-16(2,3)24-10-14(15(21)25-17(4,5)6)20-26(22,23)11-7-8-12(18)13(19)9-11/h7-9,14,20H,10H2,1-6H3. The number of rotatable bonds is 6. The zero-order chi connectivity index (χ0) is 20.3. The van der Waals surface area contributed by atoms with Crippen molar-refractivity contribution in [1.29, 1.82) is 0 Å². The van der Waals surface area contributed by atoms with Gasteiger partial charge < -0.3 is 9.47 Å². The van der Waals surface area contributed by atoms with Crippen molar-refractivity contribution in [2.45, 2.75) is 63.7 Å². The first kappa shape index (κ1) is 23.2. The number of carbonyl (C=O) groups is 1. The van der Waals surface area contributed by atoms with Crippen LogP contribution in [-0.2, 0) is 24.3 Å². The van der Waals surface area contributed by atoms with Crippen molar-refractivity contribution in [3.05, 3.63) is 28.2 Å². The molecule has 0 bridgehead atoms. The van der Waals surface area contributed by atoms with Crippen molar-refractivity contribution >= 4 is 39.2 Å². The Morgan fingerprint density at radius 1 is 1.08 bits per heavy atom. The van der Waals surface area contributed by atoms with Gasteiger partial charge in [0, 0.05) is 0 Å². The van der Waals surface area contributed by atoms with Gasteiger partial charge in [0.1, 0.15) is 11.6 Å². The van der Waals surface area contributed by atoms with E-state index in [1.807, 2.05) is 0 Å². The van der Waals surface area contributed by atoms with E-state index < -0.39 is 33.2 Å². The van der Waals surface area contributed by atoms with Crippen LogP contribution in [0.4, 0.5) is 0 Å². The minimum Gasteiger partial charge on any atom is -0.459 e. The maximum absolute atomic E-state index is 12.6. The minimum absolute atomic E-state index is 0.0919. The minimum atomic E-state index is -4.04. The summed E-state index contributed by atoms with van der Waals surface area (Å²) < 4.78 is 38.4. The summed E-state index contributed by atoms with van der Waals surface area (Å²) >= 11 is 11.7. The number of hydrogen-bond acceptors (Lipinski definition) is 5. The van der Waals surface area contributed by atoms with Gasteiger partial charge in [0.25, 0.3) is 0 Å². The van der Waals surface area contributed by atoms with E-state index in [1.54, 1.807) is 41.5 Å². The first-order valence-electron chi connectivity index (χ1n) is 7.95. The highest BCUT2D eigenvalue weighted by Crippen LogP contribution is 2.25. The quantitative estimate of drug-likeness (QED) is 0.700. The monoisotopic (exact) mass is 425 g/mol. The van der Waals surface area contributed by atoms with Crippen molar-refractivity contribution in [3.8, 4) is 0 Å². The van der Waals surface area contributed by atoms with Crippen LogP contribution in [0.25, 0.3) is 0 Å². The lowest BCUT2D eigenvalue weighted by molar-refractivity contribution is -0.159. The summed E-state index contributed by atoms with van der Waals surface area (Å²) in [4.78, 5) is 12.3. The van der Waals surface area contributed by atoms with E-state index in [1.165, 1.54) is 18.2 Å². The number of sulfonamides is 1. The second-order valence-corrected chi connectivity index (χ2v) is 10.2. The van der Waals surface area contributed by atoms with Crippen LogP contribution in [0.5, 0.6) is 0 Å². The summed E-state index contributed by atoms with van der Waals surface area (Å²) in [6, 6.07) is 2.66. The molecule has 1 rings (SSSR count). The predicted molar refractivity (Wildman–Crippen MR) is 102 cm³/mol. The highest BCUT2D eigenvalue weighted by molar-refractivity contribution is 7.89. The number of hydrogen-bond donors (Lipinski definition) is 1. The van der Waals surface area contributed by atoms with Crippen LogP contribution in [0.1, 0.15) is 41.5 Å². The molecule has 0 aliphatic rings. The van der Waals surface area contributed by atoms with E-state index in [0.717, 1.165) is 0 Å². The summed E-state index contributed by atoms with van der Waals surface area (Å²) in [5, 5.41) is 0.319. The summed E-state index contributed by atoms with van der Waals surface area (Å²) in [6.07, 6.45) is 0. The molecule has 1 aromatic rings. The molecule has 0 aliphatic carbocycles. The van der Waals surface area contributed by atoms with E-state index >= 15 is 0 Å². The molecule has 0 saturated carbocycles. The average Bonchev–Trinajstić information content (AvgIpc) is 2.43. The molecule has 0 amide bonds. The molecule has 26 heavy (non-hydrogen) atoms. The van der Waals surface area contributed by atoms with Crippen LogP contribution in [0.15, 0.2) is 23.1 Å². The number of nitrogens with one attached hydrogen (secondary N) is 1. The van der Waals surface area contributed by atoms with Gasteiger partial charge in [-0.15, -0.1) is 0 Å². The molecule has 0 fully saturated rings. The Hall–Kier alpha value is -0.860. The van der Waals surface area contributed by atoms with E-state index in [9.17, 15) is 13.2 Å². The number of ether oxygens (including phenoxy) is 2. The largest absolute Gasteiger partial charge is 0.459 e. The summed E-state index contributed by atoms with van der Waals surface area (Å²) in [7, 11) is -4.04. The van der Waals surface area contributed by atoms with Gasteiger partial charge in [-0.05, 0) is 59.7 Å². The van der Waals surface area contributed by atoms with E-state index in [-0.39, 0.29) is 21.5 Å². The van der Waals surface area contributed by atoms with Crippen molar-refractivity contribution < 1.29 is 22.7 Å². The fraction of sp³-hybridized carbons (Fsp3) is 0.588. The van der Waals surface area contributed by atoms with Crippen LogP contribution >= 0.6 is 23.2 Å². The third-order valence-corrected chi connectivity index (χ3v) is 5.08. The summed E-state index contributed by atoms with van der Waals surface area (Å²) in [6.45, 7) is 10.3. The number of benzene rings is 1. The molecule has 148 valence electrons. The predicted octanol–water partition coefficient (Wildman–Crippen LogP) is 3.80. The maximum atomic E-state index is 12.6. The van der Waals surface area contributed by atoms with Gasteiger partial charge in [-0.25, -0.2) is 8.42 Å². The zero-order valence-electron chi connectivity index (χ0n) is 15.7. The second kappa shape index (κ2) is 8.44. The molecule has 6 nitrogen and oxygen atoms in total. The first-order chi connectivity index (χ1) is 11.6. The lowest BCUT2D eigenvalue weighted by atomic mass is 10.2. The Kier molecular flexibility index (Phi) is 7.52. The lowest BCUT2D eigenvalue weighted by Crippen LogP contribution is -2.48. The molecule has 1 unspecified atom stereocenters. The van der Waals surface area contributed by atoms with Gasteiger partial charge in [-0.1, -0.05) is 23.2 Å². The Morgan fingerprint density at radius 2 is 1.65 bits per heavy atom. The van der Waals surface area contributed by atoms with Crippen molar-refractivity contribution in [3.63, 3.8) is 0 Å². The topological polar surface area (TPSA) is 81.7 Å². The molecular formula is C17H25Cl2NO5S. The third-order valence-electron chi connectivity index (χ3n) is 2.87. The molecule has 0 aliphatic heterocycles. The Bertz CT molecular complexity index is 751. The first-order valence-corrected chi connectivity index (χ1v) is 10.2. The van der Waals surface area contributed by atoms with Crippen molar-refractivity contribution in [1.82, 2.24) is 4.72 Å². The molecule has 1 N–H and O–H groups in total. The van der Waals surface area contributed by atoms with Gasteiger partial charge in [-0.3, -0.25) is 4.79 Å². The van der Waals surface area contributed by atoms with E-state index in [0.29, 0.717) is 0 Å². The Balaban J connectivity index is 3.08. The number of carbonyl (C=O) groups excluding carboxylic acids is 1. The molecule has 1 aromatic carbocycles. The zero-order valence-corrected chi connectivity index (χ0v) is 18.1. The molecule has 0 aromatic heterocycles. The summed E-state index contributed by atoms with van der Waals surface area (Å²) in [5.74, 6) is -0.731. The van der Waals surface area contributed by atoms with Gasteiger partial charge >= 0.3 is 5.97 Å². The Morgan fingerprint density at radius 3 is 2.12 bits per heavy atom. The molecule has 0 spiro atoms. The van der Waals surface area contributed by atoms with Crippen LogP contribution in [0.2, 0.25) is 10.0 Å².